The lowest BCUT2D eigenvalue weighted by Gasteiger charge is -2.19. The molecule has 2 amide bonds. The standard InChI is InChI=1S/C26H36N2O4S6/c1-9-27(10-2)25(29)31-21-15-23(19(7)13-17(21)5)33-35-37-38-36-34-24-16-22(18(6)14-20(24)8)32-26(30)28(11-3)12-4/h13-16H,9-12H2,1-8H3. The van der Waals surface area contributed by atoms with Gasteiger partial charge in [-0.25, -0.2) is 9.59 Å². The van der Waals surface area contributed by atoms with Gasteiger partial charge in [-0.05, 0) is 151 Å². The number of aryl methyl sites for hydroxylation is 4. The molecule has 2 aromatic carbocycles. The molecule has 0 N–H and O–H groups in total. The van der Waals surface area contributed by atoms with Crippen LogP contribution in [0.25, 0.3) is 0 Å². The van der Waals surface area contributed by atoms with Crippen LogP contribution in [0.2, 0.25) is 0 Å². The van der Waals surface area contributed by atoms with E-state index in [0.29, 0.717) is 37.7 Å². The quantitative estimate of drug-likeness (QED) is 0.157. The second-order valence-corrected chi connectivity index (χ2v) is 17.6. The van der Waals surface area contributed by atoms with Crippen molar-refractivity contribution in [2.45, 2.75) is 65.2 Å². The Morgan fingerprint density at radius 3 is 1.24 bits per heavy atom. The number of hydrogen-bond acceptors (Lipinski definition) is 10. The molecule has 0 saturated heterocycles. The van der Waals surface area contributed by atoms with E-state index in [1.165, 1.54) is 0 Å². The predicted molar refractivity (Wildman–Crippen MR) is 172 cm³/mol. The Balaban J connectivity index is 1.89. The Morgan fingerprint density at radius 1 is 0.579 bits per heavy atom. The normalized spacial score (nSPS) is 10.8. The smallest absolute Gasteiger partial charge is 0.410 e. The lowest BCUT2D eigenvalue weighted by Crippen LogP contribution is -2.33. The Morgan fingerprint density at radius 2 is 0.921 bits per heavy atom. The highest BCUT2D eigenvalue weighted by molar-refractivity contribution is 9.41. The van der Waals surface area contributed by atoms with Gasteiger partial charge in [-0.3, -0.25) is 0 Å². The summed E-state index contributed by atoms with van der Waals surface area (Å²) in [6.45, 7) is 18.3. The fourth-order valence-electron chi connectivity index (χ4n) is 3.43. The summed E-state index contributed by atoms with van der Waals surface area (Å²) in [5.41, 5.74) is 4.19. The van der Waals surface area contributed by atoms with Gasteiger partial charge in [0.2, 0.25) is 0 Å². The van der Waals surface area contributed by atoms with Crippen LogP contribution in [0.3, 0.4) is 0 Å². The number of carbonyl (C=O) groups is 2. The molecule has 0 aliphatic carbocycles. The Labute approximate surface area is 249 Å². The number of carbonyl (C=O) groups excluding carboxylic acids is 2. The summed E-state index contributed by atoms with van der Waals surface area (Å²) < 4.78 is 11.3. The van der Waals surface area contributed by atoms with E-state index in [2.05, 4.69) is 26.0 Å². The maximum atomic E-state index is 12.4. The van der Waals surface area contributed by atoms with Gasteiger partial charge in [-0.2, -0.15) is 0 Å². The third-order valence-electron chi connectivity index (χ3n) is 5.71. The van der Waals surface area contributed by atoms with E-state index < -0.39 is 0 Å². The van der Waals surface area contributed by atoms with Crippen molar-refractivity contribution in [3.8, 4) is 11.5 Å². The van der Waals surface area contributed by atoms with Gasteiger partial charge in [-0.1, -0.05) is 12.1 Å². The van der Waals surface area contributed by atoms with Crippen molar-refractivity contribution in [2.75, 3.05) is 26.2 Å². The SMILES string of the molecule is CCN(CC)C(=O)Oc1cc(SSSSSSc2cc(OC(=O)N(CC)CC)c(C)cc2C)c(C)cc1C. The van der Waals surface area contributed by atoms with Gasteiger partial charge in [0.25, 0.3) is 0 Å². The second-order valence-electron chi connectivity index (χ2n) is 8.29. The first kappa shape index (κ1) is 33.3. The van der Waals surface area contributed by atoms with E-state index in [9.17, 15) is 9.59 Å². The largest absolute Gasteiger partial charge is 0.415 e. The van der Waals surface area contributed by atoms with Crippen LogP contribution in [-0.4, -0.2) is 48.2 Å². The number of nitrogens with zero attached hydrogens (tertiary/aromatic N) is 2. The molecule has 0 heterocycles. The molecule has 0 atom stereocenters. The van der Waals surface area contributed by atoms with Crippen molar-refractivity contribution < 1.29 is 19.1 Å². The monoisotopic (exact) mass is 632 g/mol. The minimum atomic E-state index is -0.318. The molecule has 38 heavy (non-hydrogen) atoms. The minimum Gasteiger partial charge on any atom is -0.410 e. The van der Waals surface area contributed by atoms with Gasteiger partial charge in [0.1, 0.15) is 11.5 Å². The summed E-state index contributed by atoms with van der Waals surface area (Å²) in [5, 5.41) is 0. The average Bonchev–Trinajstić information content (AvgIpc) is 2.87. The molecular weight excluding hydrogens is 597 g/mol. The highest BCUT2D eigenvalue weighted by Gasteiger charge is 2.17. The van der Waals surface area contributed by atoms with Crippen molar-refractivity contribution in [1.82, 2.24) is 9.80 Å². The Bertz CT molecular complexity index is 1010. The molecule has 0 bridgehead atoms. The van der Waals surface area contributed by atoms with Crippen molar-refractivity contribution in [3.63, 3.8) is 0 Å². The Kier molecular flexibility index (Phi) is 14.9. The summed E-state index contributed by atoms with van der Waals surface area (Å²) in [6.07, 6.45) is -0.637. The molecule has 0 spiro atoms. The average molecular weight is 633 g/mol. The molecule has 0 aliphatic heterocycles. The molecule has 12 heteroatoms. The molecular formula is C26H36N2O4S6. The van der Waals surface area contributed by atoms with Crippen molar-refractivity contribution in [2.24, 2.45) is 0 Å². The van der Waals surface area contributed by atoms with Gasteiger partial charge >= 0.3 is 12.2 Å². The van der Waals surface area contributed by atoms with Gasteiger partial charge in [0.15, 0.2) is 0 Å². The van der Waals surface area contributed by atoms with Crippen LogP contribution in [0.4, 0.5) is 9.59 Å². The van der Waals surface area contributed by atoms with Gasteiger partial charge in [0, 0.05) is 36.0 Å². The lowest BCUT2D eigenvalue weighted by atomic mass is 10.1. The first-order chi connectivity index (χ1) is 18.1. The maximum absolute atomic E-state index is 12.4. The van der Waals surface area contributed by atoms with Crippen molar-refractivity contribution >= 4 is 73.1 Å². The van der Waals surface area contributed by atoms with Crippen LogP contribution in [0.5, 0.6) is 11.5 Å². The maximum Gasteiger partial charge on any atom is 0.415 e. The summed E-state index contributed by atoms with van der Waals surface area (Å²) in [6, 6.07) is 8.02. The second kappa shape index (κ2) is 17.0. The third-order valence-corrected chi connectivity index (χ3v) is 16.5. The molecule has 2 aromatic rings. The van der Waals surface area contributed by atoms with E-state index in [-0.39, 0.29) is 12.2 Å². The van der Waals surface area contributed by atoms with Crippen LogP contribution in [0.15, 0.2) is 34.1 Å². The van der Waals surface area contributed by atoms with E-state index in [0.717, 1.165) is 32.0 Å². The lowest BCUT2D eigenvalue weighted by molar-refractivity contribution is 0.156. The van der Waals surface area contributed by atoms with Crippen LogP contribution in [0, 0.1) is 27.7 Å². The molecule has 0 saturated carbocycles. The molecule has 2 rings (SSSR count). The van der Waals surface area contributed by atoms with E-state index in [1.54, 1.807) is 70.7 Å². The number of hydrogen-bond donors (Lipinski definition) is 0. The summed E-state index contributed by atoms with van der Waals surface area (Å²) >= 11 is 0. The van der Waals surface area contributed by atoms with Crippen molar-refractivity contribution in [1.29, 1.82) is 0 Å². The van der Waals surface area contributed by atoms with E-state index in [4.69, 9.17) is 9.47 Å². The van der Waals surface area contributed by atoms with Crippen LogP contribution < -0.4 is 9.47 Å². The molecule has 0 radical (unpaired) electrons. The third kappa shape index (κ3) is 9.92. The van der Waals surface area contributed by atoms with Crippen LogP contribution in [-0.2, 0) is 0 Å². The summed E-state index contributed by atoms with van der Waals surface area (Å²) in [5.74, 6) is 1.20. The zero-order valence-corrected chi connectivity index (χ0v) is 28.0. The fraction of sp³-hybridized carbons (Fsp3) is 0.462. The number of rotatable bonds is 13. The number of ether oxygens (including phenoxy) is 2. The fourth-order valence-corrected chi connectivity index (χ4v) is 14.8. The zero-order chi connectivity index (χ0) is 28.2. The Hall–Kier alpha value is -0.920. The van der Waals surface area contributed by atoms with E-state index in [1.807, 2.05) is 53.7 Å². The molecule has 6 nitrogen and oxygen atoms in total. The molecule has 0 fully saturated rings. The molecule has 0 aromatic heterocycles. The minimum absolute atomic E-state index is 0.318. The van der Waals surface area contributed by atoms with Gasteiger partial charge < -0.3 is 19.3 Å². The van der Waals surface area contributed by atoms with Crippen molar-refractivity contribution in [3.05, 3.63) is 46.5 Å². The molecule has 210 valence electrons. The highest BCUT2D eigenvalue weighted by atomic mass is 33.9. The van der Waals surface area contributed by atoms with Gasteiger partial charge in [-0.15, -0.1) is 0 Å². The van der Waals surface area contributed by atoms with Crippen LogP contribution >= 0.6 is 60.9 Å². The first-order valence-electron chi connectivity index (χ1n) is 12.3. The first-order valence-corrected chi connectivity index (χ1v) is 19.8. The molecule has 0 unspecified atom stereocenters. The zero-order valence-electron chi connectivity index (χ0n) is 23.1. The number of amides is 2. The highest BCUT2D eigenvalue weighted by Crippen LogP contribution is 2.56. The van der Waals surface area contributed by atoms with Gasteiger partial charge in [0.05, 0.1) is 0 Å². The predicted octanol–water partition coefficient (Wildman–Crippen LogP) is 9.99. The number of benzene rings is 2. The van der Waals surface area contributed by atoms with Crippen LogP contribution in [0.1, 0.15) is 49.9 Å². The van der Waals surface area contributed by atoms with E-state index >= 15 is 0 Å². The summed E-state index contributed by atoms with van der Waals surface area (Å²) in [4.78, 5) is 30.3. The molecule has 0 aliphatic rings. The topological polar surface area (TPSA) is 59.1 Å². The summed E-state index contributed by atoms with van der Waals surface area (Å²) in [7, 11) is 9.99.